The van der Waals surface area contributed by atoms with Crippen LogP contribution in [0.1, 0.15) is 15.9 Å². The van der Waals surface area contributed by atoms with Crippen molar-refractivity contribution in [3.8, 4) is 22.4 Å². The molecule has 1 atom stereocenters. The predicted octanol–water partition coefficient (Wildman–Crippen LogP) is 5.50. The van der Waals surface area contributed by atoms with Gasteiger partial charge in [-0.25, -0.2) is 4.98 Å². The molecule has 0 saturated carbocycles. The molecule has 0 spiro atoms. The van der Waals surface area contributed by atoms with E-state index in [9.17, 15) is 9.59 Å². The molecule has 5 nitrogen and oxygen atoms in total. The normalized spacial score (nSPS) is 11.7. The summed E-state index contributed by atoms with van der Waals surface area (Å²) in [6.07, 6.45) is 4.76. The quantitative estimate of drug-likeness (QED) is 0.328. The Bertz CT molecular complexity index is 1480. The van der Waals surface area contributed by atoms with E-state index in [1.165, 1.54) is 0 Å². The van der Waals surface area contributed by atoms with Gasteiger partial charge in [-0.05, 0) is 35.7 Å². The summed E-state index contributed by atoms with van der Waals surface area (Å²) < 4.78 is 0. The Morgan fingerprint density at radius 1 is 0.857 bits per heavy atom. The van der Waals surface area contributed by atoms with Crippen LogP contribution < -0.4 is 5.32 Å². The highest BCUT2D eigenvalue weighted by molar-refractivity contribution is 6.08. The smallest absolute Gasteiger partial charge is 0.252 e. The van der Waals surface area contributed by atoms with Crippen molar-refractivity contribution < 1.29 is 9.59 Å². The van der Waals surface area contributed by atoms with Gasteiger partial charge in [0.05, 0.1) is 22.8 Å². The first-order chi connectivity index (χ1) is 17.2. The van der Waals surface area contributed by atoms with E-state index in [0.717, 1.165) is 33.9 Å². The summed E-state index contributed by atoms with van der Waals surface area (Å²) >= 11 is 0. The minimum Gasteiger partial charge on any atom is -0.342 e. The second kappa shape index (κ2) is 10.1. The monoisotopic (exact) mass is 457 g/mol. The molecule has 0 radical (unpaired) electrons. The molecule has 0 saturated heterocycles. The largest absolute Gasteiger partial charge is 0.342 e. The average Bonchev–Trinajstić information content (AvgIpc) is 2.93. The summed E-state index contributed by atoms with van der Waals surface area (Å²) in [5.74, 6) is -0.309. The Morgan fingerprint density at radius 2 is 1.60 bits per heavy atom. The van der Waals surface area contributed by atoms with E-state index < -0.39 is 6.04 Å². The van der Waals surface area contributed by atoms with Gasteiger partial charge >= 0.3 is 0 Å². The number of aromatic nitrogens is 2. The van der Waals surface area contributed by atoms with Crippen molar-refractivity contribution >= 4 is 23.1 Å². The third-order valence-electron chi connectivity index (χ3n) is 5.92. The lowest BCUT2D eigenvalue weighted by Crippen LogP contribution is -2.37. The third-order valence-corrected chi connectivity index (χ3v) is 5.92. The van der Waals surface area contributed by atoms with E-state index in [1.54, 1.807) is 12.3 Å². The zero-order valence-corrected chi connectivity index (χ0v) is 19.0. The highest BCUT2D eigenvalue weighted by atomic mass is 16.2. The van der Waals surface area contributed by atoms with Gasteiger partial charge in [0.25, 0.3) is 5.91 Å². The number of hydrogen-bond acceptors (Lipinski definition) is 4. The van der Waals surface area contributed by atoms with Crippen LogP contribution in [0.3, 0.4) is 0 Å². The van der Waals surface area contributed by atoms with Crippen molar-refractivity contribution in [3.63, 3.8) is 0 Å². The van der Waals surface area contributed by atoms with Crippen molar-refractivity contribution in [1.82, 2.24) is 15.3 Å². The predicted molar refractivity (Wildman–Crippen MR) is 138 cm³/mol. The molecular weight excluding hydrogens is 434 g/mol. The fraction of sp³-hybridized carbons (Fsp3) is 0.0667. The van der Waals surface area contributed by atoms with E-state index in [1.807, 2.05) is 97.2 Å². The molecule has 35 heavy (non-hydrogen) atoms. The van der Waals surface area contributed by atoms with Crippen LogP contribution in [0.5, 0.6) is 0 Å². The molecule has 1 N–H and O–H groups in total. The first kappa shape index (κ1) is 22.2. The highest BCUT2D eigenvalue weighted by Gasteiger charge is 2.19. The van der Waals surface area contributed by atoms with Crippen LogP contribution in [-0.2, 0) is 11.2 Å². The summed E-state index contributed by atoms with van der Waals surface area (Å²) in [6, 6.07) is 30.2. The summed E-state index contributed by atoms with van der Waals surface area (Å²) in [5.41, 5.74) is 5.69. The number of hydrogen-bond donors (Lipinski definition) is 1. The number of rotatable bonds is 7. The van der Waals surface area contributed by atoms with Crippen molar-refractivity contribution in [2.24, 2.45) is 0 Å². The minimum absolute atomic E-state index is 0.309. The van der Waals surface area contributed by atoms with Crippen LogP contribution in [0.4, 0.5) is 0 Å². The Labute approximate surface area is 203 Å². The first-order valence-electron chi connectivity index (χ1n) is 11.4. The van der Waals surface area contributed by atoms with E-state index in [4.69, 9.17) is 4.98 Å². The summed E-state index contributed by atoms with van der Waals surface area (Å²) in [4.78, 5) is 34.4. The number of benzene rings is 3. The lowest BCUT2D eigenvalue weighted by Gasteiger charge is -2.16. The molecule has 2 aromatic heterocycles. The molecule has 0 aliphatic heterocycles. The SMILES string of the molecule is O=CC(Cc1ccccc1)NC(=O)c1cc(-c2ccccc2-c2cccnc2)nc2ccccc12. The fourth-order valence-corrected chi connectivity index (χ4v) is 4.23. The van der Waals surface area contributed by atoms with Crippen molar-refractivity contribution in [2.45, 2.75) is 12.5 Å². The third kappa shape index (κ3) is 4.84. The van der Waals surface area contributed by atoms with Crippen LogP contribution in [0.25, 0.3) is 33.3 Å². The summed E-state index contributed by atoms with van der Waals surface area (Å²) in [5, 5.41) is 3.64. The molecule has 2 heterocycles. The number of nitrogens with zero attached hydrogens (tertiary/aromatic N) is 2. The molecule has 1 amide bonds. The average molecular weight is 458 g/mol. The molecule has 0 aliphatic carbocycles. The Balaban J connectivity index is 1.55. The second-order valence-corrected chi connectivity index (χ2v) is 8.27. The standard InChI is InChI=1S/C30H23N3O2/c34-20-23(17-21-9-2-1-3-10-21)32-30(35)27-18-29(33-28-15-7-6-14-26(27)28)25-13-5-4-12-24(25)22-11-8-16-31-19-22/h1-16,18-20,23H,17H2,(H,32,35). The number of carbonyl (C=O) groups excluding carboxylic acids is 2. The van der Waals surface area contributed by atoms with Crippen molar-refractivity contribution in [3.05, 3.63) is 121 Å². The van der Waals surface area contributed by atoms with Crippen LogP contribution in [0.2, 0.25) is 0 Å². The molecule has 5 rings (SSSR count). The van der Waals surface area contributed by atoms with Crippen molar-refractivity contribution in [2.75, 3.05) is 0 Å². The van der Waals surface area contributed by atoms with E-state index >= 15 is 0 Å². The lowest BCUT2D eigenvalue weighted by molar-refractivity contribution is -0.109. The maximum Gasteiger partial charge on any atom is 0.252 e. The fourth-order valence-electron chi connectivity index (χ4n) is 4.23. The van der Waals surface area contributed by atoms with Gasteiger partial charge in [-0.1, -0.05) is 78.9 Å². The van der Waals surface area contributed by atoms with Gasteiger partial charge in [0.2, 0.25) is 0 Å². The van der Waals surface area contributed by atoms with Crippen LogP contribution in [-0.4, -0.2) is 28.2 Å². The van der Waals surface area contributed by atoms with Gasteiger partial charge in [-0.15, -0.1) is 0 Å². The maximum absolute atomic E-state index is 13.4. The molecule has 170 valence electrons. The maximum atomic E-state index is 13.4. The van der Waals surface area contributed by atoms with Gasteiger partial charge in [0.15, 0.2) is 0 Å². The second-order valence-electron chi connectivity index (χ2n) is 8.27. The van der Waals surface area contributed by atoms with Crippen LogP contribution in [0.15, 0.2) is 109 Å². The number of para-hydroxylation sites is 1. The zero-order chi connectivity index (χ0) is 24.0. The molecule has 3 aromatic carbocycles. The molecule has 0 bridgehead atoms. The molecule has 5 aromatic rings. The number of amides is 1. The van der Waals surface area contributed by atoms with Crippen molar-refractivity contribution in [1.29, 1.82) is 0 Å². The summed E-state index contributed by atoms with van der Waals surface area (Å²) in [6.45, 7) is 0. The lowest BCUT2D eigenvalue weighted by atomic mass is 9.96. The molecule has 1 unspecified atom stereocenters. The first-order valence-corrected chi connectivity index (χ1v) is 11.4. The molecular formula is C30H23N3O2. The number of aldehydes is 1. The zero-order valence-electron chi connectivity index (χ0n) is 19.0. The summed E-state index contributed by atoms with van der Waals surface area (Å²) in [7, 11) is 0. The van der Waals surface area contributed by atoms with E-state index in [0.29, 0.717) is 23.2 Å². The number of fused-ring (bicyclic) bond motifs is 1. The Morgan fingerprint density at radius 3 is 2.37 bits per heavy atom. The number of nitrogens with one attached hydrogen (secondary N) is 1. The van der Waals surface area contributed by atoms with Crippen LogP contribution >= 0.6 is 0 Å². The van der Waals surface area contributed by atoms with Gasteiger partial charge in [-0.3, -0.25) is 9.78 Å². The van der Waals surface area contributed by atoms with E-state index in [-0.39, 0.29) is 5.91 Å². The van der Waals surface area contributed by atoms with Gasteiger partial charge in [0.1, 0.15) is 6.29 Å². The molecule has 5 heteroatoms. The van der Waals surface area contributed by atoms with Gasteiger partial charge < -0.3 is 10.1 Å². The Hall–Kier alpha value is -4.64. The Kier molecular flexibility index (Phi) is 6.39. The number of carbonyl (C=O) groups is 2. The number of pyridine rings is 2. The highest BCUT2D eigenvalue weighted by Crippen LogP contribution is 2.32. The van der Waals surface area contributed by atoms with Gasteiger partial charge in [0, 0.05) is 28.9 Å². The van der Waals surface area contributed by atoms with Crippen LogP contribution in [0, 0.1) is 0 Å². The van der Waals surface area contributed by atoms with Gasteiger partial charge in [-0.2, -0.15) is 0 Å². The topological polar surface area (TPSA) is 72.0 Å². The minimum atomic E-state index is -0.636. The molecule has 0 fully saturated rings. The van der Waals surface area contributed by atoms with E-state index in [2.05, 4.69) is 10.3 Å². The molecule has 0 aliphatic rings.